The number of aliphatic hydroxyl groups excluding tert-OH is 1. The van der Waals surface area contributed by atoms with Gasteiger partial charge in [-0.25, -0.2) is 9.59 Å². The molecule has 1 heterocycles. The van der Waals surface area contributed by atoms with Gasteiger partial charge in [-0.3, -0.25) is 0 Å². The number of benzene rings is 3. The summed E-state index contributed by atoms with van der Waals surface area (Å²) in [4.78, 5) is 27.0. The molecule has 36 heavy (non-hydrogen) atoms. The molecule has 10 heteroatoms. The molecule has 0 atom stereocenters. The minimum absolute atomic E-state index is 0.0970. The quantitative estimate of drug-likeness (QED) is 0.359. The van der Waals surface area contributed by atoms with Crippen LogP contribution in [0.25, 0.3) is 0 Å². The van der Waals surface area contributed by atoms with Gasteiger partial charge in [0.1, 0.15) is 18.1 Å². The number of carbonyl (C=O) groups is 2. The van der Waals surface area contributed by atoms with E-state index in [9.17, 15) is 9.59 Å². The number of hydrogen-bond acceptors (Lipinski definition) is 5. The Morgan fingerprint density at radius 1 is 1.00 bits per heavy atom. The molecule has 0 saturated heterocycles. The third kappa shape index (κ3) is 6.18. The Labute approximate surface area is 214 Å². The van der Waals surface area contributed by atoms with Gasteiger partial charge in [0.25, 0.3) is 0 Å². The normalized spacial score (nSPS) is 12.4. The second kappa shape index (κ2) is 11.7. The second-order valence-electron chi connectivity index (χ2n) is 8.08. The number of rotatable bonds is 7. The molecule has 4 amide bonds. The lowest BCUT2D eigenvalue weighted by Crippen LogP contribution is -2.39. The molecule has 3 aromatic carbocycles. The number of halogens is 1. The third-order valence-corrected chi connectivity index (χ3v) is 5.97. The Balaban J connectivity index is 1.35. The second-order valence-corrected chi connectivity index (χ2v) is 8.49. The molecule has 0 fully saturated rings. The van der Waals surface area contributed by atoms with Crippen LogP contribution in [0.5, 0.6) is 11.5 Å². The predicted molar refractivity (Wildman–Crippen MR) is 139 cm³/mol. The molecule has 0 aromatic heterocycles. The first-order valence-corrected chi connectivity index (χ1v) is 11.8. The van der Waals surface area contributed by atoms with Gasteiger partial charge < -0.3 is 35.4 Å². The Morgan fingerprint density at radius 3 is 2.61 bits per heavy atom. The molecular formula is C26H27ClN4O5. The summed E-state index contributed by atoms with van der Waals surface area (Å²) in [6, 6.07) is 17.1. The SMILES string of the molecule is COc1ccccc1NC(=O)Nc1ccc2c(c1)CCN(C(=O)Nc1ccc(OCCO)cc1Cl)C2. The van der Waals surface area contributed by atoms with E-state index in [1.54, 1.807) is 42.3 Å². The molecule has 0 bridgehead atoms. The number of aliphatic hydroxyl groups is 1. The van der Waals surface area contributed by atoms with Gasteiger partial charge in [0.15, 0.2) is 0 Å². The highest BCUT2D eigenvalue weighted by Gasteiger charge is 2.22. The van der Waals surface area contributed by atoms with Crippen LogP contribution in [0.2, 0.25) is 5.02 Å². The monoisotopic (exact) mass is 510 g/mol. The van der Waals surface area contributed by atoms with Crippen molar-refractivity contribution >= 4 is 40.7 Å². The maximum Gasteiger partial charge on any atom is 0.323 e. The van der Waals surface area contributed by atoms with Gasteiger partial charge >= 0.3 is 12.1 Å². The zero-order valence-electron chi connectivity index (χ0n) is 19.7. The Hall–Kier alpha value is -3.95. The van der Waals surface area contributed by atoms with E-state index in [2.05, 4.69) is 16.0 Å². The summed E-state index contributed by atoms with van der Waals surface area (Å²) in [5.74, 6) is 1.09. The van der Waals surface area contributed by atoms with Crippen LogP contribution in [0, 0.1) is 0 Å². The van der Waals surface area contributed by atoms with Crippen LogP contribution in [-0.4, -0.2) is 48.9 Å². The highest BCUT2D eigenvalue weighted by Crippen LogP contribution is 2.29. The van der Waals surface area contributed by atoms with Crippen molar-refractivity contribution in [2.45, 2.75) is 13.0 Å². The Morgan fingerprint density at radius 2 is 1.83 bits per heavy atom. The summed E-state index contributed by atoms with van der Waals surface area (Å²) in [6.07, 6.45) is 0.647. The number of urea groups is 2. The zero-order chi connectivity index (χ0) is 25.5. The summed E-state index contributed by atoms with van der Waals surface area (Å²) in [5, 5.41) is 17.7. The molecule has 0 unspecified atom stereocenters. The standard InChI is InChI=1S/C26H27ClN4O5/c1-35-24-5-3-2-4-23(24)29-25(33)28-19-7-6-18-16-31(11-10-17(18)14-19)26(34)30-22-9-8-20(15-21(22)27)36-13-12-32/h2-9,14-15,32H,10-13,16H2,1H3,(H,30,34)(H2,28,29,33). The molecule has 3 aromatic rings. The fourth-order valence-electron chi connectivity index (χ4n) is 3.88. The maximum atomic E-state index is 12.8. The first-order chi connectivity index (χ1) is 17.5. The van der Waals surface area contributed by atoms with E-state index in [4.69, 9.17) is 26.2 Å². The molecule has 1 aliphatic rings. The van der Waals surface area contributed by atoms with Crippen molar-refractivity contribution in [2.75, 3.05) is 42.8 Å². The van der Waals surface area contributed by atoms with Crippen LogP contribution >= 0.6 is 11.6 Å². The zero-order valence-corrected chi connectivity index (χ0v) is 20.5. The third-order valence-electron chi connectivity index (χ3n) is 5.66. The molecule has 188 valence electrons. The average molecular weight is 511 g/mol. The minimum atomic E-state index is -0.374. The smallest absolute Gasteiger partial charge is 0.323 e. The van der Waals surface area contributed by atoms with Gasteiger partial charge in [0.05, 0.1) is 30.1 Å². The number of amides is 4. The van der Waals surface area contributed by atoms with E-state index in [1.165, 1.54) is 0 Å². The van der Waals surface area contributed by atoms with E-state index in [0.29, 0.717) is 53.1 Å². The summed E-state index contributed by atoms with van der Waals surface area (Å²) in [6.45, 7) is 1.02. The van der Waals surface area contributed by atoms with E-state index >= 15 is 0 Å². The molecule has 0 spiro atoms. The average Bonchev–Trinajstić information content (AvgIpc) is 2.88. The van der Waals surface area contributed by atoms with E-state index < -0.39 is 0 Å². The van der Waals surface area contributed by atoms with Gasteiger partial charge in [0.2, 0.25) is 0 Å². The summed E-state index contributed by atoms with van der Waals surface area (Å²) in [5.41, 5.74) is 3.78. The van der Waals surface area contributed by atoms with Gasteiger partial charge in [-0.2, -0.15) is 0 Å². The molecule has 4 N–H and O–H groups in total. The van der Waals surface area contributed by atoms with E-state index in [1.807, 2.05) is 30.3 Å². The van der Waals surface area contributed by atoms with Crippen LogP contribution in [-0.2, 0) is 13.0 Å². The first-order valence-electron chi connectivity index (χ1n) is 11.4. The fourth-order valence-corrected chi connectivity index (χ4v) is 4.10. The molecule has 9 nitrogen and oxygen atoms in total. The Bertz CT molecular complexity index is 1250. The number of carbonyl (C=O) groups excluding carboxylic acids is 2. The lowest BCUT2D eigenvalue weighted by atomic mass is 9.99. The van der Waals surface area contributed by atoms with Crippen LogP contribution in [0.15, 0.2) is 60.7 Å². The topological polar surface area (TPSA) is 112 Å². The predicted octanol–water partition coefficient (Wildman–Crippen LogP) is 4.95. The number of nitrogens with one attached hydrogen (secondary N) is 3. The highest BCUT2D eigenvalue weighted by atomic mass is 35.5. The summed E-state index contributed by atoms with van der Waals surface area (Å²) < 4.78 is 10.6. The number of fused-ring (bicyclic) bond motifs is 1. The van der Waals surface area contributed by atoms with Crippen molar-refractivity contribution < 1.29 is 24.2 Å². The van der Waals surface area contributed by atoms with Crippen LogP contribution < -0.4 is 25.4 Å². The molecular weight excluding hydrogens is 484 g/mol. The van der Waals surface area contributed by atoms with Crippen LogP contribution in [0.3, 0.4) is 0 Å². The first kappa shape index (κ1) is 25.2. The molecule has 1 aliphatic heterocycles. The summed E-state index contributed by atoms with van der Waals surface area (Å²) in [7, 11) is 1.55. The van der Waals surface area contributed by atoms with E-state index in [0.717, 1.165) is 11.1 Å². The van der Waals surface area contributed by atoms with Crippen molar-refractivity contribution in [3.05, 3.63) is 76.8 Å². The molecule has 0 aliphatic carbocycles. The molecule has 0 radical (unpaired) electrons. The van der Waals surface area contributed by atoms with Crippen molar-refractivity contribution in [3.63, 3.8) is 0 Å². The lowest BCUT2D eigenvalue weighted by Gasteiger charge is -2.29. The van der Waals surface area contributed by atoms with Gasteiger partial charge in [-0.15, -0.1) is 0 Å². The van der Waals surface area contributed by atoms with Crippen LogP contribution in [0.4, 0.5) is 26.7 Å². The van der Waals surface area contributed by atoms with Crippen molar-refractivity contribution in [3.8, 4) is 11.5 Å². The van der Waals surface area contributed by atoms with Crippen molar-refractivity contribution in [1.29, 1.82) is 0 Å². The molecule has 0 saturated carbocycles. The van der Waals surface area contributed by atoms with Gasteiger partial charge in [-0.05, 0) is 53.9 Å². The van der Waals surface area contributed by atoms with Crippen LogP contribution in [0.1, 0.15) is 11.1 Å². The maximum absolute atomic E-state index is 12.8. The van der Waals surface area contributed by atoms with Crippen molar-refractivity contribution in [2.24, 2.45) is 0 Å². The largest absolute Gasteiger partial charge is 0.495 e. The number of methoxy groups -OCH3 is 1. The lowest BCUT2D eigenvalue weighted by molar-refractivity contribution is 0.201. The number of ether oxygens (including phenoxy) is 2. The number of para-hydroxylation sites is 2. The van der Waals surface area contributed by atoms with Crippen molar-refractivity contribution in [1.82, 2.24) is 4.90 Å². The number of hydrogen-bond donors (Lipinski definition) is 4. The number of nitrogens with zero attached hydrogens (tertiary/aromatic N) is 1. The fraction of sp³-hybridized carbons (Fsp3) is 0.231. The summed E-state index contributed by atoms with van der Waals surface area (Å²) >= 11 is 6.28. The van der Waals surface area contributed by atoms with Gasteiger partial charge in [-0.1, -0.05) is 29.8 Å². The van der Waals surface area contributed by atoms with Gasteiger partial charge in [0, 0.05) is 24.8 Å². The Kier molecular flexibility index (Phi) is 8.14. The minimum Gasteiger partial charge on any atom is -0.495 e. The number of anilines is 3. The molecule has 4 rings (SSSR count). The highest BCUT2D eigenvalue weighted by molar-refractivity contribution is 6.33. The van der Waals surface area contributed by atoms with E-state index in [-0.39, 0.29) is 25.3 Å².